The number of imide groups is 1. The number of fused-ring (bicyclic) bond motifs is 1. The van der Waals surface area contributed by atoms with Crippen LogP contribution >= 0.6 is 23.2 Å². The van der Waals surface area contributed by atoms with Crippen LogP contribution in [-0.2, 0) is 10.2 Å². The van der Waals surface area contributed by atoms with Gasteiger partial charge in [0.05, 0.1) is 21.2 Å². The molecule has 0 saturated heterocycles. The Morgan fingerprint density at radius 1 is 1.10 bits per heavy atom. The average Bonchev–Trinajstić information content (AvgIpc) is 3.45. The van der Waals surface area contributed by atoms with Gasteiger partial charge in [0.25, 0.3) is 11.8 Å². The molecule has 1 aliphatic carbocycles. The smallest absolute Gasteiger partial charge is 0.262 e. The fraction of sp³-hybridized carbons (Fsp3) is 0.286. The molecule has 8 heteroatoms. The fourth-order valence-corrected chi connectivity index (χ4v) is 3.97. The van der Waals surface area contributed by atoms with Crippen molar-refractivity contribution in [1.82, 2.24) is 10.2 Å². The molecular formula is C21H17Cl2FN2O3. The molecule has 0 spiro atoms. The minimum atomic E-state index is -0.996. The van der Waals surface area contributed by atoms with Crippen molar-refractivity contribution in [2.45, 2.75) is 31.2 Å². The van der Waals surface area contributed by atoms with E-state index in [1.54, 1.807) is 12.1 Å². The van der Waals surface area contributed by atoms with E-state index in [1.165, 1.54) is 31.2 Å². The predicted molar refractivity (Wildman–Crippen MR) is 107 cm³/mol. The van der Waals surface area contributed by atoms with Gasteiger partial charge in [-0.3, -0.25) is 19.3 Å². The van der Waals surface area contributed by atoms with Gasteiger partial charge in [0.15, 0.2) is 0 Å². The van der Waals surface area contributed by atoms with E-state index >= 15 is 0 Å². The van der Waals surface area contributed by atoms with E-state index in [0.717, 1.165) is 23.3 Å². The second-order valence-corrected chi connectivity index (χ2v) is 8.29. The number of benzene rings is 2. The van der Waals surface area contributed by atoms with Crippen molar-refractivity contribution in [2.24, 2.45) is 0 Å². The maximum atomic E-state index is 13.2. The van der Waals surface area contributed by atoms with E-state index < -0.39 is 23.8 Å². The highest BCUT2D eigenvalue weighted by Gasteiger charge is 2.46. The predicted octanol–water partition coefficient (Wildman–Crippen LogP) is 3.97. The highest BCUT2D eigenvalue weighted by molar-refractivity contribution is 6.43. The van der Waals surface area contributed by atoms with E-state index in [-0.39, 0.29) is 32.4 Å². The lowest BCUT2D eigenvalue weighted by molar-refractivity contribution is -0.124. The van der Waals surface area contributed by atoms with Crippen LogP contribution in [0.2, 0.25) is 10.0 Å². The number of halogens is 3. The van der Waals surface area contributed by atoms with Crippen molar-refractivity contribution in [3.63, 3.8) is 0 Å². The normalized spacial score (nSPS) is 17.9. The van der Waals surface area contributed by atoms with Crippen molar-refractivity contribution in [3.8, 4) is 0 Å². The third-order valence-electron chi connectivity index (χ3n) is 5.64. The summed E-state index contributed by atoms with van der Waals surface area (Å²) in [6, 6.07) is 7.92. The van der Waals surface area contributed by atoms with Gasteiger partial charge in [-0.25, -0.2) is 4.39 Å². The van der Waals surface area contributed by atoms with Crippen LogP contribution in [0.25, 0.3) is 0 Å². The summed E-state index contributed by atoms with van der Waals surface area (Å²) in [5.74, 6) is -1.91. The third kappa shape index (κ3) is 3.40. The van der Waals surface area contributed by atoms with Crippen LogP contribution in [-0.4, -0.2) is 35.2 Å². The van der Waals surface area contributed by atoms with Crippen LogP contribution in [0.15, 0.2) is 36.4 Å². The van der Waals surface area contributed by atoms with Crippen molar-refractivity contribution < 1.29 is 18.8 Å². The van der Waals surface area contributed by atoms with Crippen LogP contribution in [0.3, 0.4) is 0 Å². The Labute approximate surface area is 176 Å². The zero-order chi connectivity index (χ0) is 20.9. The van der Waals surface area contributed by atoms with Crippen LogP contribution in [0, 0.1) is 5.82 Å². The Hall–Kier alpha value is -2.44. The first kappa shape index (κ1) is 19.9. The number of amides is 3. The molecule has 150 valence electrons. The number of hydrogen-bond donors (Lipinski definition) is 1. The van der Waals surface area contributed by atoms with Crippen molar-refractivity contribution >= 4 is 40.9 Å². The topological polar surface area (TPSA) is 66.5 Å². The largest absolute Gasteiger partial charge is 0.353 e. The summed E-state index contributed by atoms with van der Waals surface area (Å²) in [6.45, 7) is 1.85. The highest BCUT2D eigenvalue weighted by atomic mass is 35.5. The number of hydrogen-bond acceptors (Lipinski definition) is 3. The van der Waals surface area contributed by atoms with Gasteiger partial charge in [-0.2, -0.15) is 0 Å². The maximum absolute atomic E-state index is 13.2. The first-order valence-electron chi connectivity index (χ1n) is 9.14. The molecule has 2 aromatic carbocycles. The van der Waals surface area contributed by atoms with E-state index in [1.807, 2.05) is 0 Å². The summed E-state index contributed by atoms with van der Waals surface area (Å²) in [5, 5.41) is 3.17. The molecule has 1 atom stereocenters. The van der Waals surface area contributed by atoms with Gasteiger partial charge in [-0.15, -0.1) is 0 Å². The first-order chi connectivity index (χ1) is 13.7. The summed E-state index contributed by atoms with van der Waals surface area (Å²) in [6.07, 6.45) is 1.74. The molecule has 0 bridgehead atoms. The number of carbonyl (C=O) groups is 3. The van der Waals surface area contributed by atoms with E-state index in [9.17, 15) is 18.8 Å². The van der Waals surface area contributed by atoms with Crippen LogP contribution in [0.4, 0.5) is 4.39 Å². The van der Waals surface area contributed by atoms with Crippen LogP contribution in [0.5, 0.6) is 0 Å². The second kappa shape index (κ2) is 7.11. The van der Waals surface area contributed by atoms with Gasteiger partial charge in [0, 0.05) is 12.0 Å². The Morgan fingerprint density at radius 3 is 2.10 bits per heavy atom. The standard InChI is InChI=1S/C21H17Cl2FN2O3/c1-11(26-19(28)14-8-16(22)17(23)9-15(14)20(26)29)18(27)25-10-21(6-7-21)12-2-4-13(24)5-3-12/h2-5,8-9,11H,6-7,10H2,1H3,(H,25,27). The van der Waals surface area contributed by atoms with Gasteiger partial charge < -0.3 is 5.32 Å². The molecule has 1 unspecified atom stereocenters. The van der Waals surface area contributed by atoms with Gasteiger partial charge >= 0.3 is 0 Å². The molecule has 1 saturated carbocycles. The fourth-order valence-electron chi connectivity index (χ4n) is 3.65. The second-order valence-electron chi connectivity index (χ2n) is 7.47. The Kier molecular flexibility index (Phi) is 4.87. The molecule has 4 rings (SSSR count). The minimum absolute atomic E-state index is 0.133. The molecule has 5 nitrogen and oxygen atoms in total. The van der Waals surface area contributed by atoms with Crippen molar-refractivity contribution in [3.05, 3.63) is 69.0 Å². The summed E-state index contributed by atoms with van der Waals surface area (Å²) in [7, 11) is 0. The number of rotatable bonds is 5. The summed E-state index contributed by atoms with van der Waals surface area (Å²) < 4.78 is 13.2. The molecular weight excluding hydrogens is 418 g/mol. The maximum Gasteiger partial charge on any atom is 0.262 e. The van der Waals surface area contributed by atoms with Crippen molar-refractivity contribution in [1.29, 1.82) is 0 Å². The molecule has 2 aromatic rings. The number of nitrogens with one attached hydrogen (secondary N) is 1. The number of carbonyl (C=O) groups excluding carboxylic acids is 3. The molecule has 2 aliphatic rings. The monoisotopic (exact) mass is 434 g/mol. The molecule has 3 amide bonds. The minimum Gasteiger partial charge on any atom is -0.353 e. The zero-order valence-electron chi connectivity index (χ0n) is 15.5. The molecule has 29 heavy (non-hydrogen) atoms. The average molecular weight is 435 g/mol. The van der Waals surface area contributed by atoms with E-state index in [0.29, 0.717) is 6.54 Å². The lowest BCUT2D eigenvalue weighted by Crippen LogP contribution is -2.49. The van der Waals surface area contributed by atoms with Gasteiger partial charge in [0.1, 0.15) is 11.9 Å². The van der Waals surface area contributed by atoms with Crippen LogP contribution in [0.1, 0.15) is 46.0 Å². The molecule has 1 heterocycles. The Balaban J connectivity index is 1.47. The quantitative estimate of drug-likeness (QED) is 0.724. The van der Waals surface area contributed by atoms with Gasteiger partial charge in [0.2, 0.25) is 5.91 Å². The highest BCUT2D eigenvalue weighted by Crippen LogP contribution is 2.47. The van der Waals surface area contributed by atoms with Crippen molar-refractivity contribution in [2.75, 3.05) is 6.54 Å². The first-order valence-corrected chi connectivity index (χ1v) is 9.90. The molecule has 1 N–H and O–H groups in total. The van der Waals surface area contributed by atoms with E-state index in [4.69, 9.17) is 23.2 Å². The molecule has 1 aliphatic heterocycles. The zero-order valence-corrected chi connectivity index (χ0v) is 17.0. The molecule has 1 fully saturated rings. The molecule has 0 aromatic heterocycles. The summed E-state index contributed by atoms with van der Waals surface area (Å²) >= 11 is 11.9. The lowest BCUT2D eigenvalue weighted by Gasteiger charge is -2.23. The third-order valence-corrected chi connectivity index (χ3v) is 6.36. The Morgan fingerprint density at radius 2 is 1.62 bits per heavy atom. The Bertz CT molecular complexity index is 994. The lowest BCUT2D eigenvalue weighted by atomic mass is 9.96. The van der Waals surface area contributed by atoms with E-state index in [2.05, 4.69) is 5.32 Å². The number of nitrogens with zero attached hydrogens (tertiary/aromatic N) is 1. The SMILES string of the molecule is CC(C(=O)NCC1(c2ccc(F)cc2)CC1)N1C(=O)c2cc(Cl)c(Cl)cc2C1=O. The summed E-state index contributed by atoms with van der Waals surface area (Å²) in [4.78, 5) is 39.0. The van der Waals surface area contributed by atoms with Gasteiger partial charge in [-0.05, 0) is 49.6 Å². The van der Waals surface area contributed by atoms with Crippen LogP contribution < -0.4 is 5.32 Å². The molecule has 0 radical (unpaired) electrons. The summed E-state index contributed by atoms with van der Waals surface area (Å²) in [5.41, 5.74) is 0.992. The van der Waals surface area contributed by atoms with Gasteiger partial charge in [-0.1, -0.05) is 35.3 Å².